The van der Waals surface area contributed by atoms with Crippen molar-refractivity contribution in [1.82, 2.24) is 29.4 Å². The van der Waals surface area contributed by atoms with Crippen molar-refractivity contribution in [2.75, 3.05) is 19.6 Å². The molecule has 1 aliphatic heterocycles. The normalized spacial score (nSPS) is 15.7. The molecule has 138 valence electrons. The number of hydrogen-bond acceptors (Lipinski definition) is 4. The summed E-state index contributed by atoms with van der Waals surface area (Å²) in [6.45, 7) is 5.11. The van der Waals surface area contributed by atoms with E-state index in [0.29, 0.717) is 6.54 Å². The molecule has 0 N–H and O–H groups in total. The summed E-state index contributed by atoms with van der Waals surface area (Å²) >= 11 is 0. The second-order valence-corrected chi connectivity index (χ2v) is 7.31. The van der Waals surface area contributed by atoms with Gasteiger partial charge in [0.2, 0.25) is 0 Å². The molecule has 0 spiro atoms. The first-order valence-corrected chi connectivity index (χ1v) is 9.83. The van der Waals surface area contributed by atoms with Crippen LogP contribution in [0.4, 0.5) is 0 Å². The third kappa shape index (κ3) is 3.21. The highest BCUT2D eigenvalue weighted by Crippen LogP contribution is 2.19. The van der Waals surface area contributed by atoms with E-state index in [-0.39, 0.29) is 0 Å². The first-order valence-electron chi connectivity index (χ1n) is 9.83. The van der Waals surface area contributed by atoms with Gasteiger partial charge in [-0.1, -0.05) is 35.9 Å². The standard InChI is InChI=1S/C21H24N6/c1-6-12-25(13-7-1)14-15-26-19-10-4-2-8-17(19)22-21(26)16-27-20-11-5-3-9-18(20)23-24-27/h2-5,8-11H,1,6-7,12-16H2. The van der Waals surface area contributed by atoms with Crippen LogP contribution in [0.3, 0.4) is 0 Å². The van der Waals surface area contributed by atoms with Gasteiger partial charge in [0.05, 0.1) is 16.6 Å². The van der Waals surface area contributed by atoms with E-state index in [9.17, 15) is 0 Å². The largest absolute Gasteiger partial charge is 0.325 e. The summed E-state index contributed by atoms with van der Waals surface area (Å²) in [5, 5.41) is 8.64. The Kier molecular flexibility index (Phi) is 4.33. The molecule has 0 atom stereocenters. The molecule has 1 aliphatic rings. The molecule has 1 fully saturated rings. The first kappa shape index (κ1) is 16.4. The first-order chi connectivity index (χ1) is 13.4. The smallest absolute Gasteiger partial charge is 0.131 e. The third-order valence-electron chi connectivity index (χ3n) is 5.53. The lowest BCUT2D eigenvalue weighted by Gasteiger charge is -2.26. The van der Waals surface area contributed by atoms with Gasteiger partial charge in [0.1, 0.15) is 17.9 Å². The fourth-order valence-electron chi connectivity index (χ4n) is 4.09. The van der Waals surface area contributed by atoms with Gasteiger partial charge in [-0.05, 0) is 50.2 Å². The number of piperidine rings is 1. The van der Waals surface area contributed by atoms with Gasteiger partial charge in [-0.25, -0.2) is 9.67 Å². The van der Waals surface area contributed by atoms with Gasteiger partial charge in [-0.3, -0.25) is 0 Å². The topological polar surface area (TPSA) is 51.8 Å². The van der Waals surface area contributed by atoms with Crippen LogP contribution in [0.25, 0.3) is 22.1 Å². The van der Waals surface area contributed by atoms with Crippen LogP contribution in [0.5, 0.6) is 0 Å². The summed E-state index contributed by atoms with van der Waals surface area (Å²) in [6, 6.07) is 16.5. The lowest BCUT2D eigenvalue weighted by molar-refractivity contribution is 0.220. The number of nitrogens with zero attached hydrogens (tertiary/aromatic N) is 6. The molecule has 27 heavy (non-hydrogen) atoms. The Morgan fingerprint density at radius 3 is 2.37 bits per heavy atom. The summed E-state index contributed by atoms with van der Waals surface area (Å²) in [6.07, 6.45) is 4.01. The molecule has 4 aromatic rings. The van der Waals surface area contributed by atoms with E-state index >= 15 is 0 Å². The van der Waals surface area contributed by atoms with Gasteiger partial charge in [-0.15, -0.1) is 5.10 Å². The summed E-state index contributed by atoms with van der Waals surface area (Å²) in [4.78, 5) is 7.49. The zero-order valence-electron chi connectivity index (χ0n) is 15.5. The van der Waals surface area contributed by atoms with Crippen molar-refractivity contribution in [3.8, 4) is 0 Å². The van der Waals surface area contributed by atoms with Crippen LogP contribution in [0.2, 0.25) is 0 Å². The third-order valence-corrected chi connectivity index (χ3v) is 5.53. The Balaban J connectivity index is 1.47. The van der Waals surface area contributed by atoms with Gasteiger partial charge in [-0.2, -0.15) is 0 Å². The molecule has 3 heterocycles. The highest BCUT2D eigenvalue weighted by atomic mass is 15.4. The Morgan fingerprint density at radius 1 is 0.778 bits per heavy atom. The fraction of sp³-hybridized carbons (Fsp3) is 0.381. The maximum atomic E-state index is 4.91. The minimum Gasteiger partial charge on any atom is -0.325 e. The molecule has 2 aromatic heterocycles. The summed E-state index contributed by atoms with van der Waals surface area (Å²) in [5.74, 6) is 1.05. The molecule has 0 radical (unpaired) electrons. The lowest BCUT2D eigenvalue weighted by Crippen LogP contribution is -2.32. The van der Waals surface area contributed by atoms with E-state index in [1.807, 2.05) is 22.9 Å². The lowest BCUT2D eigenvalue weighted by atomic mass is 10.1. The summed E-state index contributed by atoms with van der Waals surface area (Å²) in [7, 11) is 0. The SMILES string of the molecule is c1ccc2c(c1)nnn2Cc1nc2ccccc2n1CCN1CCCCC1. The molecular formula is C21H24N6. The van der Waals surface area contributed by atoms with E-state index in [2.05, 4.69) is 50.1 Å². The van der Waals surface area contributed by atoms with Crippen molar-refractivity contribution in [3.05, 3.63) is 54.4 Å². The van der Waals surface area contributed by atoms with E-state index in [1.165, 1.54) is 37.9 Å². The number of imidazole rings is 1. The van der Waals surface area contributed by atoms with E-state index in [1.54, 1.807) is 0 Å². The quantitative estimate of drug-likeness (QED) is 0.548. The van der Waals surface area contributed by atoms with Crippen LogP contribution in [0.1, 0.15) is 25.1 Å². The monoisotopic (exact) mass is 360 g/mol. The van der Waals surface area contributed by atoms with Gasteiger partial charge in [0, 0.05) is 13.1 Å². The molecule has 0 amide bonds. The van der Waals surface area contributed by atoms with Crippen LogP contribution >= 0.6 is 0 Å². The maximum absolute atomic E-state index is 4.91. The van der Waals surface area contributed by atoms with Crippen molar-refractivity contribution in [2.24, 2.45) is 0 Å². The molecule has 1 saturated heterocycles. The van der Waals surface area contributed by atoms with Gasteiger partial charge >= 0.3 is 0 Å². The minimum absolute atomic E-state index is 0.634. The van der Waals surface area contributed by atoms with Crippen LogP contribution in [0, 0.1) is 0 Å². The van der Waals surface area contributed by atoms with Crippen molar-refractivity contribution in [3.63, 3.8) is 0 Å². The highest BCUT2D eigenvalue weighted by Gasteiger charge is 2.15. The van der Waals surface area contributed by atoms with Crippen LogP contribution in [-0.2, 0) is 13.1 Å². The van der Waals surface area contributed by atoms with Crippen LogP contribution < -0.4 is 0 Å². The molecule has 2 aromatic carbocycles. The predicted octanol–water partition coefficient (Wildman–Crippen LogP) is 3.32. The number of benzene rings is 2. The van der Waals surface area contributed by atoms with Gasteiger partial charge in [0.15, 0.2) is 0 Å². The number of fused-ring (bicyclic) bond motifs is 2. The minimum atomic E-state index is 0.634. The molecule has 0 bridgehead atoms. The van der Waals surface area contributed by atoms with Crippen molar-refractivity contribution in [2.45, 2.75) is 32.4 Å². The molecule has 5 rings (SSSR count). The number of hydrogen-bond donors (Lipinski definition) is 0. The Morgan fingerprint density at radius 2 is 1.52 bits per heavy atom. The van der Waals surface area contributed by atoms with Gasteiger partial charge < -0.3 is 9.47 Å². The van der Waals surface area contributed by atoms with Crippen molar-refractivity contribution < 1.29 is 0 Å². The van der Waals surface area contributed by atoms with Crippen molar-refractivity contribution in [1.29, 1.82) is 0 Å². The molecule has 6 heteroatoms. The Hall–Kier alpha value is -2.73. The summed E-state index contributed by atoms with van der Waals surface area (Å²) < 4.78 is 4.31. The Labute approximate surface area is 158 Å². The van der Waals surface area contributed by atoms with Gasteiger partial charge in [0.25, 0.3) is 0 Å². The molecule has 6 nitrogen and oxygen atoms in total. The molecule has 0 unspecified atom stereocenters. The number of rotatable bonds is 5. The van der Waals surface area contributed by atoms with Crippen LogP contribution in [-0.4, -0.2) is 49.1 Å². The molecular weight excluding hydrogens is 336 g/mol. The second-order valence-electron chi connectivity index (χ2n) is 7.31. The highest BCUT2D eigenvalue weighted by molar-refractivity contribution is 5.76. The zero-order chi connectivity index (χ0) is 18.1. The molecule has 0 aliphatic carbocycles. The zero-order valence-corrected chi connectivity index (χ0v) is 15.5. The van der Waals surface area contributed by atoms with Crippen LogP contribution in [0.15, 0.2) is 48.5 Å². The van der Waals surface area contributed by atoms with Crippen molar-refractivity contribution >= 4 is 22.1 Å². The molecule has 0 saturated carbocycles. The average Bonchev–Trinajstić information content (AvgIpc) is 3.29. The van der Waals surface area contributed by atoms with E-state index < -0.39 is 0 Å². The number of para-hydroxylation sites is 3. The number of aromatic nitrogens is 5. The van der Waals surface area contributed by atoms with E-state index in [0.717, 1.165) is 35.5 Å². The maximum Gasteiger partial charge on any atom is 0.131 e. The second kappa shape index (κ2) is 7.12. The van der Waals surface area contributed by atoms with E-state index in [4.69, 9.17) is 4.98 Å². The fourth-order valence-corrected chi connectivity index (χ4v) is 4.09. The number of likely N-dealkylation sites (tertiary alicyclic amines) is 1. The predicted molar refractivity (Wildman–Crippen MR) is 107 cm³/mol. The summed E-state index contributed by atoms with van der Waals surface area (Å²) in [5.41, 5.74) is 4.23. The average molecular weight is 360 g/mol. The Bertz CT molecular complexity index is 1060.